The van der Waals surface area contributed by atoms with Crippen LogP contribution in [-0.4, -0.2) is 28.9 Å². The molecule has 1 rings (SSSR count). The molecule has 100 valence electrons. The van der Waals surface area contributed by atoms with Crippen LogP contribution in [0.2, 0.25) is 0 Å². The minimum atomic E-state index is -0.935. The van der Waals surface area contributed by atoms with Crippen LogP contribution in [0, 0.1) is 0 Å². The molecule has 0 bridgehead atoms. The second-order valence-corrected chi connectivity index (χ2v) is 5.79. The molecule has 0 radical (unpaired) electrons. The molecule has 18 heavy (non-hydrogen) atoms. The van der Waals surface area contributed by atoms with Gasteiger partial charge in [-0.1, -0.05) is 13.3 Å². The maximum absolute atomic E-state index is 11.7. The molecule has 0 aliphatic rings. The Morgan fingerprint density at radius 2 is 2.22 bits per heavy atom. The van der Waals surface area contributed by atoms with E-state index in [4.69, 9.17) is 9.84 Å². The van der Waals surface area contributed by atoms with Crippen LogP contribution in [0.3, 0.4) is 0 Å². The van der Waals surface area contributed by atoms with E-state index in [-0.39, 0.29) is 16.1 Å². The van der Waals surface area contributed by atoms with Crippen molar-refractivity contribution in [3.8, 4) is 0 Å². The minimum Gasteiger partial charge on any atom is -0.477 e. The first-order valence-electron chi connectivity index (χ1n) is 5.73. The van der Waals surface area contributed by atoms with E-state index in [0.717, 1.165) is 17.7 Å². The van der Waals surface area contributed by atoms with Gasteiger partial charge in [-0.3, -0.25) is 4.79 Å². The lowest BCUT2D eigenvalue weighted by molar-refractivity contribution is -0.142. The van der Waals surface area contributed by atoms with Gasteiger partial charge in [0.2, 0.25) is 0 Å². The number of esters is 1. The molecule has 0 saturated heterocycles. The van der Waals surface area contributed by atoms with Gasteiger partial charge in [-0.25, -0.2) is 4.79 Å². The van der Waals surface area contributed by atoms with Crippen LogP contribution in [0.4, 0.5) is 0 Å². The summed E-state index contributed by atoms with van der Waals surface area (Å²) >= 11 is 2.54. The smallest absolute Gasteiger partial charge is 0.345 e. The molecule has 1 aromatic rings. The van der Waals surface area contributed by atoms with Crippen molar-refractivity contribution in [1.29, 1.82) is 0 Å². The van der Waals surface area contributed by atoms with Gasteiger partial charge in [0.1, 0.15) is 10.1 Å². The van der Waals surface area contributed by atoms with Crippen molar-refractivity contribution >= 4 is 35.0 Å². The first-order valence-corrected chi connectivity index (χ1v) is 7.49. The molecule has 1 heterocycles. The van der Waals surface area contributed by atoms with Crippen LogP contribution < -0.4 is 0 Å². The summed E-state index contributed by atoms with van der Waals surface area (Å²) in [5.41, 5.74) is 0. The standard InChI is InChI=1S/C12H16O4S2/c1-3-5-9(12(15)16-4-2)18-8-6-10(11(13)14)17-7-8/h6-7,9H,3-5H2,1-2H3,(H,13,14). The zero-order chi connectivity index (χ0) is 13.5. The molecule has 1 aromatic heterocycles. The molecule has 0 spiro atoms. The lowest BCUT2D eigenvalue weighted by atomic mass is 10.2. The Balaban J connectivity index is 2.69. The maximum Gasteiger partial charge on any atom is 0.345 e. The predicted octanol–water partition coefficient (Wildman–Crippen LogP) is 3.27. The molecule has 0 amide bonds. The van der Waals surface area contributed by atoms with Crippen molar-refractivity contribution in [1.82, 2.24) is 0 Å². The Hall–Kier alpha value is -1.01. The van der Waals surface area contributed by atoms with Gasteiger partial charge in [-0.05, 0) is 19.4 Å². The van der Waals surface area contributed by atoms with E-state index in [0.29, 0.717) is 6.61 Å². The van der Waals surface area contributed by atoms with Crippen LogP contribution in [0.5, 0.6) is 0 Å². The van der Waals surface area contributed by atoms with Gasteiger partial charge < -0.3 is 9.84 Å². The SMILES string of the molecule is CCCC(Sc1csc(C(=O)O)c1)C(=O)OCC. The summed E-state index contributed by atoms with van der Waals surface area (Å²) in [6.07, 6.45) is 1.61. The van der Waals surface area contributed by atoms with E-state index in [9.17, 15) is 9.59 Å². The van der Waals surface area contributed by atoms with Gasteiger partial charge >= 0.3 is 11.9 Å². The fourth-order valence-electron chi connectivity index (χ4n) is 1.38. The topological polar surface area (TPSA) is 63.6 Å². The summed E-state index contributed by atoms with van der Waals surface area (Å²) in [5.74, 6) is -1.16. The number of carbonyl (C=O) groups excluding carboxylic acids is 1. The van der Waals surface area contributed by atoms with E-state index in [1.54, 1.807) is 18.4 Å². The zero-order valence-electron chi connectivity index (χ0n) is 10.3. The maximum atomic E-state index is 11.7. The average molecular weight is 288 g/mol. The highest BCUT2D eigenvalue weighted by atomic mass is 32.2. The average Bonchev–Trinajstić information content (AvgIpc) is 2.77. The Kier molecular flexibility index (Phi) is 6.21. The molecule has 4 nitrogen and oxygen atoms in total. The van der Waals surface area contributed by atoms with E-state index >= 15 is 0 Å². The first kappa shape index (κ1) is 15.0. The summed E-state index contributed by atoms with van der Waals surface area (Å²) in [6, 6.07) is 1.60. The largest absolute Gasteiger partial charge is 0.477 e. The van der Waals surface area contributed by atoms with Crippen molar-refractivity contribution < 1.29 is 19.4 Å². The molecular weight excluding hydrogens is 272 g/mol. The number of thiophene rings is 1. The van der Waals surface area contributed by atoms with E-state index in [2.05, 4.69) is 0 Å². The first-order chi connectivity index (χ1) is 8.58. The molecule has 1 unspecified atom stereocenters. The second kappa shape index (κ2) is 7.43. The van der Waals surface area contributed by atoms with Crippen LogP contribution in [0.1, 0.15) is 36.4 Å². The lowest BCUT2D eigenvalue weighted by Crippen LogP contribution is -2.19. The summed E-state index contributed by atoms with van der Waals surface area (Å²) < 4.78 is 5.01. The van der Waals surface area contributed by atoms with Crippen molar-refractivity contribution in [3.63, 3.8) is 0 Å². The van der Waals surface area contributed by atoms with Crippen LogP contribution >= 0.6 is 23.1 Å². The summed E-state index contributed by atoms with van der Waals surface area (Å²) in [6.45, 7) is 4.14. The van der Waals surface area contributed by atoms with Gasteiger partial charge in [-0.2, -0.15) is 0 Å². The number of thioether (sulfide) groups is 1. The number of hydrogen-bond acceptors (Lipinski definition) is 5. The number of aromatic carboxylic acids is 1. The van der Waals surface area contributed by atoms with Gasteiger partial charge in [0, 0.05) is 10.3 Å². The third kappa shape index (κ3) is 4.34. The van der Waals surface area contributed by atoms with Crippen LogP contribution in [0.15, 0.2) is 16.3 Å². The highest BCUT2D eigenvalue weighted by molar-refractivity contribution is 8.00. The molecule has 1 atom stereocenters. The van der Waals surface area contributed by atoms with Crippen molar-refractivity contribution in [3.05, 3.63) is 16.3 Å². The zero-order valence-corrected chi connectivity index (χ0v) is 12.0. The van der Waals surface area contributed by atoms with E-state index in [1.807, 2.05) is 6.92 Å². The molecule has 6 heteroatoms. The molecule has 0 fully saturated rings. The number of rotatable bonds is 7. The number of hydrogen-bond donors (Lipinski definition) is 1. The van der Waals surface area contributed by atoms with E-state index < -0.39 is 5.97 Å². The monoisotopic (exact) mass is 288 g/mol. The summed E-state index contributed by atoms with van der Waals surface area (Å²) in [4.78, 5) is 23.6. The quantitative estimate of drug-likeness (QED) is 0.616. The highest BCUT2D eigenvalue weighted by Crippen LogP contribution is 2.31. The van der Waals surface area contributed by atoms with Crippen LogP contribution in [0.25, 0.3) is 0 Å². The van der Waals surface area contributed by atoms with E-state index in [1.165, 1.54) is 23.1 Å². The number of ether oxygens (including phenoxy) is 1. The minimum absolute atomic E-state index is 0.229. The van der Waals surface area contributed by atoms with Crippen molar-refractivity contribution in [2.24, 2.45) is 0 Å². The third-order valence-electron chi connectivity index (χ3n) is 2.16. The molecular formula is C12H16O4S2. The number of carbonyl (C=O) groups is 2. The lowest BCUT2D eigenvalue weighted by Gasteiger charge is -2.13. The molecule has 1 N–H and O–H groups in total. The van der Waals surface area contributed by atoms with Crippen LogP contribution in [-0.2, 0) is 9.53 Å². The number of carboxylic acid groups (broad SMARTS) is 1. The fraction of sp³-hybridized carbons (Fsp3) is 0.500. The Labute approximate surface area is 114 Å². The number of carboxylic acids is 1. The molecule has 0 aromatic carbocycles. The summed E-state index contributed by atoms with van der Waals surface area (Å²) in [5, 5.41) is 10.3. The molecule has 0 aliphatic carbocycles. The Bertz CT molecular complexity index is 414. The third-order valence-corrected chi connectivity index (χ3v) is 4.45. The molecule has 0 aliphatic heterocycles. The summed E-state index contributed by atoms with van der Waals surface area (Å²) in [7, 11) is 0. The van der Waals surface area contributed by atoms with Gasteiger partial charge in [0.05, 0.1) is 6.61 Å². The van der Waals surface area contributed by atoms with Gasteiger partial charge in [0.15, 0.2) is 0 Å². The van der Waals surface area contributed by atoms with Gasteiger partial charge in [-0.15, -0.1) is 23.1 Å². The highest BCUT2D eigenvalue weighted by Gasteiger charge is 2.21. The molecule has 0 saturated carbocycles. The Morgan fingerprint density at radius 3 is 2.72 bits per heavy atom. The van der Waals surface area contributed by atoms with Gasteiger partial charge in [0.25, 0.3) is 0 Å². The van der Waals surface area contributed by atoms with Crippen molar-refractivity contribution in [2.75, 3.05) is 6.61 Å². The predicted molar refractivity (Wildman–Crippen MR) is 72.5 cm³/mol. The van der Waals surface area contributed by atoms with Crippen molar-refractivity contribution in [2.45, 2.75) is 36.8 Å². The second-order valence-electron chi connectivity index (χ2n) is 3.60. The Morgan fingerprint density at radius 1 is 1.50 bits per heavy atom. The fourth-order valence-corrected chi connectivity index (χ4v) is 3.46. The normalized spacial score (nSPS) is 12.1.